The molecule has 1 saturated heterocycles. The minimum Gasteiger partial charge on any atom is -0.307 e. The van der Waals surface area contributed by atoms with Gasteiger partial charge in [-0.15, -0.1) is 0 Å². The van der Waals surface area contributed by atoms with Crippen molar-refractivity contribution in [3.05, 3.63) is 0 Å². The lowest BCUT2D eigenvalue weighted by Crippen LogP contribution is -2.42. The summed E-state index contributed by atoms with van der Waals surface area (Å²) in [5.41, 5.74) is 0. The van der Waals surface area contributed by atoms with E-state index in [1.807, 2.05) is 0 Å². The van der Waals surface area contributed by atoms with Gasteiger partial charge in [-0.2, -0.15) is 0 Å². The van der Waals surface area contributed by atoms with Gasteiger partial charge in [0.1, 0.15) is 5.78 Å². The predicted molar refractivity (Wildman–Crippen MR) is 45.5 cm³/mol. The minimum absolute atomic E-state index is 0.151. The van der Waals surface area contributed by atoms with Gasteiger partial charge < -0.3 is 5.32 Å². The third-order valence-electron chi connectivity index (χ3n) is 2.58. The molecule has 2 nitrogen and oxygen atoms in total. The van der Waals surface area contributed by atoms with Crippen LogP contribution in [0.4, 0.5) is 0 Å². The van der Waals surface area contributed by atoms with E-state index in [2.05, 4.69) is 12.2 Å². The van der Waals surface area contributed by atoms with Gasteiger partial charge in [0.05, 0.1) is 6.04 Å². The van der Waals surface area contributed by atoms with Crippen LogP contribution in [0.3, 0.4) is 0 Å². The van der Waals surface area contributed by atoms with E-state index in [-0.39, 0.29) is 6.04 Å². The maximum absolute atomic E-state index is 10.9. The Bertz CT molecular complexity index is 136. The summed E-state index contributed by atoms with van der Waals surface area (Å²) in [5.74, 6) is 1.09. The monoisotopic (exact) mass is 155 g/mol. The summed E-state index contributed by atoms with van der Waals surface area (Å²) >= 11 is 0. The third kappa shape index (κ3) is 2.29. The number of piperidine rings is 1. The molecular weight excluding hydrogens is 138 g/mol. The van der Waals surface area contributed by atoms with Crippen molar-refractivity contribution in [3.63, 3.8) is 0 Å². The van der Waals surface area contributed by atoms with E-state index in [0.717, 1.165) is 18.9 Å². The van der Waals surface area contributed by atoms with Gasteiger partial charge in [-0.1, -0.05) is 13.3 Å². The van der Waals surface area contributed by atoms with E-state index < -0.39 is 0 Å². The van der Waals surface area contributed by atoms with E-state index in [9.17, 15) is 4.79 Å². The van der Waals surface area contributed by atoms with Crippen molar-refractivity contribution in [2.75, 3.05) is 6.54 Å². The molecule has 1 fully saturated rings. The second kappa shape index (κ2) is 3.86. The molecule has 0 unspecified atom stereocenters. The van der Waals surface area contributed by atoms with Gasteiger partial charge in [-0.25, -0.2) is 0 Å². The lowest BCUT2D eigenvalue weighted by Gasteiger charge is -2.27. The first kappa shape index (κ1) is 8.72. The van der Waals surface area contributed by atoms with Crippen molar-refractivity contribution >= 4 is 5.78 Å². The first-order chi connectivity index (χ1) is 5.24. The summed E-state index contributed by atoms with van der Waals surface area (Å²) in [6, 6.07) is 0.151. The molecule has 1 aliphatic rings. The van der Waals surface area contributed by atoms with E-state index in [4.69, 9.17) is 0 Å². The Balaban J connectivity index is 2.30. The summed E-state index contributed by atoms with van der Waals surface area (Å²) in [6.45, 7) is 4.91. The molecular formula is C9H17NO. The van der Waals surface area contributed by atoms with Crippen LogP contribution in [0, 0.1) is 5.92 Å². The summed E-state index contributed by atoms with van der Waals surface area (Å²) < 4.78 is 0. The molecule has 1 heterocycles. The third-order valence-corrected chi connectivity index (χ3v) is 2.58. The van der Waals surface area contributed by atoms with Gasteiger partial charge in [-0.3, -0.25) is 4.79 Å². The summed E-state index contributed by atoms with van der Waals surface area (Å²) in [6.07, 6.45) is 3.49. The van der Waals surface area contributed by atoms with E-state index in [1.165, 1.54) is 12.8 Å². The number of carbonyl (C=O) groups excluding carboxylic acids is 1. The highest BCUT2D eigenvalue weighted by Crippen LogP contribution is 2.17. The Kier molecular flexibility index (Phi) is 3.06. The van der Waals surface area contributed by atoms with E-state index in [0.29, 0.717) is 5.78 Å². The fourth-order valence-electron chi connectivity index (χ4n) is 1.61. The summed E-state index contributed by atoms with van der Waals surface area (Å²) in [7, 11) is 0. The number of hydrogen-bond acceptors (Lipinski definition) is 2. The highest BCUT2D eigenvalue weighted by molar-refractivity contribution is 5.81. The molecule has 0 aromatic rings. The topological polar surface area (TPSA) is 29.1 Å². The normalized spacial score (nSPS) is 31.8. The molecule has 1 N–H and O–H groups in total. The lowest BCUT2D eigenvalue weighted by molar-refractivity contribution is -0.119. The SMILES string of the molecule is CC[C@@H]1CC[C@@H](C(C)=O)NC1. The zero-order chi connectivity index (χ0) is 8.27. The van der Waals surface area contributed by atoms with Crippen molar-refractivity contribution in [1.29, 1.82) is 0 Å². The average Bonchev–Trinajstić information content (AvgIpc) is 2.05. The predicted octanol–water partition coefficient (Wildman–Crippen LogP) is 1.35. The number of carbonyl (C=O) groups is 1. The first-order valence-electron chi connectivity index (χ1n) is 4.48. The van der Waals surface area contributed by atoms with Gasteiger partial charge in [-0.05, 0) is 32.2 Å². The van der Waals surface area contributed by atoms with Gasteiger partial charge in [0.2, 0.25) is 0 Å². The van der Waals surface area contributed by atoms with E-state index in [1.54, 1.807) is 6.92 Å². The highest BCUT2D eigenvalue weighted by atomic mass is 16.1. The van der Waals surface area contributed by atoms with Crippen LogP contribution in [0.1, 0.15) is 33.1 Å². The van der Waals surface area contributed by atoms with Crippen LogP contribution in [0.2, 0.25) is 0 Å². The fraction of sp³-hybridized carbons (Fsp3) is 0.889. The number of ketones is 1. The fourth-order valence-corrected chi connectivity index (χ4v) is 1.61. The standard InChI is InChI=1S/C9H17NO/c1-3-8-4-5-9(7(2)11)10-6-8/h8-10H,3-6H2,1-2H3/t8-,9+/m1/s1. The van der Waals surface area contributed by atoms with Crippen LogP contribution >= 0.6 is 0 Å². The highest BCUT2D eigenvalue weighted by Gasteiger charge is 2.21. The lowest BCUT2D eigenvalue weighted by atomic mass is 9.91. The Morgan fingerprint density at radius 1 is 1.55 bits per heavy atom. The molecule has 0 saturated carbocycles. The molecule has 0 spiro atoms. The molecule has 2 heteroatoms. The largest absolute Gasteiger partial charge is 0.307 e. The molecule has 0 aliphatic carbocycles. The number of hydrogen-bond donors (Lipinski definition) is 1. The number of nitrogens with one attached hydrogen (secondary N) is 1. The van der Waals surface area contributed by atoms with Crippen LogP contribution in [0.25, 0.3) is 0 Å². The van der Waals surface area contributed by atoms with Crippen molar-refractivity contribution in [1.82, 2.24) is 5.32 Å². The van der Waals surface area contributed by atoms with Crippen LogP contribution in [-0.2, 0) is 4.79 Å². The van der Waals surface area contributed by atoms with Crippen LogP contribution in [0.15, 0.2) is 0 Å². The van der Waals surface area contributed by atoms with Gasteiger partial charge in [0, 0.05) is 0 Å². The second-order valence-corrected chi connectivity index (χ2v) is 3.42. The molecule has 0 aromatic heterocycles. The zero-order valence-electron chi connectivity index (χ0n) is 7.39. The summed E-state index contributed by atoms with van der Waals surface area (Å²) in [4.78, 5) is 10.9. The quantitative estimate of drug-likeness (QED) is 0.652. The molecule has 64 valence electrons. The van der Waals surface area contributed by atoms with Gasteiger partial charge in [0.15, 0.2) is 0 Å². The second-order valence-electron chi connectivity index (χ2n) is 3.42. The smallest absolute Gasteiger partial charge is 0.146 e. The Morgan fingerprint density at radius 2 is 2.27 bits per heavy atom. The van der Waals surface area contributed by atoms with Gasteiger partial charge in [0.25, 0.3) is 0 Å². The minimum atomic E-state index is 0.151. The van der Waals surface area contributed by atoms with Crippen LogP contribution < -0.4 is 5.32 Å². The Morgan fingerprint density at radius 3 is 2.64 bits per heavy atom. The molecule has 0 aromatic carbocycles. The van der Waals surface area contributed by atoms with Crippen molar-refractivity contribution in [3.8, 4) is 0 Å². The maximum Gasteiger partial charge on any atom is 0.146 e. The van der Waals surface area contributed by atoms with Gasteiger partial charge >= 0.3 is 0 Å². The first-order valence-corrected chi connectivity index (χ1v) is 4.48. The van der Waals surface area contributed by atoms with Crippen molar-refractivity contribution in [2.24, 2.45) is 5.92 Å². The molecule has 0 amide bonds. The maximum atomic E-state index is 10.9. The number of Topliss-reactive ketones (excluding diaryl/α,β-unsaturated/α-hetero) is 1. The van der Waals surface area contributed by atoms with Crippen molar-refractivity contribution in [2.45, 2.75) is 39.2 Å². The van der Waals surface area contributed by atoms with Crippen molar-refractivity contribution < 1.29 is 4.79 Å². The zero-order valence-corrected chi connectivity index (χ0v) is 7.39. The molecule has 0 radical (unpaired) electrons. The molecule has 2 atom stereocenters. The molecule has 1 aliphatic heterocycles. The van der Waals surface area contributed by atoms with Crippen LogP contribution in [0.5, 0.6) is 0 Å². The molecule has 0 bridgehead atoms. The van der Waals surface area contributed by atoms with Crippen LogP contribution in [-0.4, -0.2) is 18.4 Å². The molecule has 1 rings (SSSR count). The Labute approximate surface area is 68.4 Å². The Hall–Kier alpha value is -0.370. The number of rotatable bonds is 2. The van der Waals surface area contributed by atoms with E-state index >= 15 is 0 Å². The summed E-state index contributed by atoms with van der Waals surface area (Å²) in [5, 5.41) is 3.27. The average molecular weight is 155 g/mol. The molecule has 11 heavy (non-hydrogen) atoms.